The van der Waals surface area contributed by atoms with E-state index < -0.39 is 21.8 Å². The Hall–Kier alpha value is -0.640. The molecule has 0 unspecified atom stereocenters. The van der Waals surface area contributed by atoms with Gasteiger partial charge in [-0.1, -0.05) is 15.9 Å². The number of hydrogen-bond acceptors (Lipinski definition) is 3. The molecule has 1 aromatic rings. The minimum atomic E-state index is -4.62. The highest BCUT2D eigenvalue weighted by Crippen LogP contribution is 2.36. The van der Waals surface area contributed by atoms with Crippen molar-refractivity contribution in [2.75, 3.05) is 13.1 Å². The number of sulfonamides is 1. The van der Waals surface area contributed by atoms with Crippen LogP contribution in [0.1, 0.15) is 39.2 Å². The largest absolute Gasteiger partial charge is 0.417 e. The van der Waals surface area contributed by atoms with E-state index in [0.29, 0.717) is 18.9 Å². The summed E-state index contributed by atoms with van der Waals surface area (Å²) in [4.78, 5) is 1.89. The molecule has 0 radical (unpaired) electrons. The standard InChI is InChI=1S/C16H22BrF3N2O2S/c1-15(2,3)22-8-6-11(7-9-22)21-25(23,24)12-4-5-14(17)13(10-12)16(18,19)20/h4-5,10-11,21H,6-9H2,1-3H3. The van der Waals surface area contributed by atoms with Crippen molar-refractivity contribution in [1.29, 1.82) is 0 Å². The van der Waals surface area contributed by atoms with Gasteiger partial charge < -0.3 is 0 Å². The Bertz CT molecular complexity index is 722. The SMILES string of the molecule is CC(C)(C)N1CCC(NS(=O)(=O)c2ccc(Br)c(C(F)(F)F)c2)CC1. The Morgan fingerprint density at radius 3 is 2.20 bits per heavy atom. The van der Waals surface area contributed by atoms with Gasteiger partial charge in [-0.15, -0.1) is 0 Å². The molecule has 0 amide bonds. The fourth-order valence-corrected chi connectivity index (χ4v) is 4.65. The van der Waals surface area contributed by atoms with E-state index in [0.717, 1.165) is 19.2 Å². The van der Waals surface area contributed by atoms with E-state index in [4.69, 9.17) is 0 Å². The third kappa shape index (κ3) is 5.18. The molecule has 1 aliphatic heterocycles. The van der Waals surface area contributed by atoms with Gasteiger partial charge in [0.25, 0.3) is 0 Å². The summed E-state index contributed by atoms with van der Waals surface area (Å²) in [5, 5.41) is 0. The molecule has 1 fully saturated rings. The van der Waals surface area contributed by atoms with Crippen molar-refractivity contribution in [3.8, 4) is 0 Å². The lowest BCUT2D eigenvalue weighted by molar-refractivity contribution is -0.138. The summed E-state index contributed by atoms with van der Waals surface area (Å²) >= 11 is 2.82. The first-order valence-corrected chi connectivity index (χ1v) is 10.2. The van der Waals surface area contributed by atoms with E-state index in [1.807, 2.05) is 0 Å². The van der Waals surface area contributed by atoms with Gasteiger partial charge in [-0.25, -0.2) is 13.1 Å². The lowest BCUT2D eigenvalue weighted by Crippen LogP contribution is -2.50. The van der Waals surface area contributed by atoms with Crippen molar-refractivity contribution < 1.29 is 21.6 Å². The minimum absolute atomic E-state index is 0.0111. The Balaban J connectivity index is 2.13. The summed E-state index contributed by atoms with van der Waals surface area (Å²) in [6, 6.07) is 2.67. The molecular formula is C16H22BrF3N2O2S. The molecule has 1 heterocycles. The summed E-state index contributed by atoms with van der Waals surface area (Å²) in [5.74, 6) is 0. The molecule has 1 aliphatic rings. The lowest BCUT2D eigenvalue weighted by atomic mass is 9.99. The highest BCUT2D eigenvalue weighted by molar-refractivity contribution is 9.10. The van der Waals surface area contributed by atoms with Crippen LogP contribution in [0.5, 0.6) is 0 Å². The van der Waals surface area contributed by atoms with E-state index in [2.05, 4.69) is 46.3 Å². The number of rotatable bonds is 3. The lowest BCUT2D eigenvalue weighted by Gasteiger charge is -2.40. The van der Waals surface area contributed by atoms with E-state index in [9.17, 15) is 21.6 Å². The van der Waals surface area contributed by atoms with Gasteiger partial charge >= 0.3 is 6.18 Å². The normalized spacial score (nSPS) is 18.5. The number of nitrogens with zero attached hydrogens (tertiary/aromatic N) is 1. The second-order valence-corrected chi connectivity index (χ2v) is 9.76. The molecule has 1 N–H and O–H groups in total. The van der Waals surface area contributed by atoms with Crippen molar-refractivity contribution in [2.24, 2.45) is 0 Å². The maximum absolute atomic E-state index is 13.0. The van der Waals surface area contributed by atoms with Crippen molar-refractivity contribution >= 4 is 26.0 Å². The van der Waals surface area contributed by atoms with Gasteiger partial charge in [0, 0.05) is 29.1 Å². The summed E-state index contributed by atoms with van der Waals surface area (Å²) in [7, 11) is -4.00. The van der Waals surface area contributed by atoms with Crippen LogP contribution in [0.2, 0.25) is 0 Å². The molecule has 9 heteroatoms. The highest BCUT2D eigenvalue weighted by atomic mass is 79.9. The molecular weight excluding hydrogens is 421 g/mol. The third-order valence-electron chi connectivity index (χ3n) is 4.32. The van der Waals surface area contributed by atoms with Gasteiger partial charge in [-0.3, -0.25) is 4.90 Å². The van der Waals surface area contributed by atoms with Crippen molar-refractivity contribution in [3.05, 3.63) is 28.2 Å². The number of nitrogens with one attached hydrogen (secondary N) is 1. The van der Waals surface area contributed by atoms with Crippen LogP contribution in [0.25, 0.3) is 0 Å². The van der Waals surface area contributed by atoms with Crippen molar-refractivity contribution in [3.63, 3.8) is 0 Å². The molecule has 0 bridgehead atoms. The molecule has 142 valence electrons. The first kappa shape index (κ1) is 20.7. The average molecular weight is 443 g/mol. The zero-order chi connectivity index (χ0) is 19.0. The Labute approximate surface area is 155 Å². The molecule has 0 saturated carbocycles. The van der Waals surface area contributed by atoms with Gasteiger partial charge in [0.2, 0.25) is 10.0 Å². The first-order valence-electron chi connectivity index (χ1n) is 7.95. The molecule has 4 nitrogen and oxygen atoms in total. The number of piperidine rings is 1. The van der Waals surface area contributed by atoms with Gasteiger partial charge in [0.15, 0.2) is 0 Å². The Morgan fingerprint density at radius 2 is 1.72 bits per heavy atom. The molecule has 25 heavy (non-hydrogen) atoms. The Morgan fingerprint density at radius 1 is 1.16 bits per heavy atom. The summed E-state index contributed by atoms with van der Waals surface area (Å²) in [5.41, 5.74) is -0.991. The van der Waals surface area contributed by atoms with Crippen LogP contribution in [-0.4, -0.2) is 38.0 Å². The molecule has 1 aromatic carbocycles. The summed E-state index contributed by atoms with van der Waals surface area (Å²) in [6.07, 6.45) is -3.37. The number of halogens is 4. The van der Waals surface area contributed by atoms with Crippen LogP contribution in [0, 0.1) is 0 Å². The Kier molecular flexibility index (Phi) is 5.93. The van der Waals surface area contributed by atoms with Crippen molar-refractivity contribution in [1.82, 2.24) is 9.62 Å². The molecule has 2 rings (SSSR count). The van der Waals surface area contributed by atoms with Crippen LogP contribution < -0.4 is 4.72 Å². The predicted molar refractivity (Wildman–Crippen MR) is 93.8 cm³/mol. The van der Waals surface area contributed by atoms with Crippen LogP contribution >= 0.6 is 15.9 Å². The van der Waals surface area contributed by atoms with E-state index in [1.165, 1.54) is 6.07 Å². The number of hydrogen-bond donors (Lipinski definition) is 1. The van der Waals surface area contributed by atoms with Crippen LogP contribution in [-0.2, 0) is 16.2 Å². The number of benzene rings is 1. The third-order valence-corrected chi connectivity index (χ3v) is 6.53. The number of alkyl halides is 3. The first-order chi connectivity index (χ1) is 11.3. The smallest absolute Gasteiger partial charge is 0.298 e. The molecule has 0 aliphatic carbocycles. The highest BCUT2D eigenvalue weighted by Gasteiger charge is 2.35. The average Bonchev–Trinajstić information content (AvgIpc) is 2.45. The van der Waals surface area contributed by atoms with Crippen molar-refractivity contribution in [2.45, 2.75) is 56.3 Å². The monoisotopic (exact) mass is 442 g/mol. The van der Waals surface area contributed by atoms with Gasteiger partial charge in [-0.2, -0.15) is 13.2 Å². The van der Waals surface area contributed by atoms with Crippen LogP contribution in [0.3, 0.4) is 0 Å². The fraction of sp³-hybridized carbons (Fsp3) is 0.625. The predicted octanol–water partition coefficient (Wildman–Crippen LogP) is 4.01. The maximum atomic E-state index is 13.0. The van der Waals surface area contributed by atoms with Gasteiger partial charge in [0.05, 0.1) is 10.5 Å². The second-order valence-electron chi connectivity index (χ2n) is 7.19. The van der Waals surface area contributed by atoms with E-state index in [-0.39, 0.29) is 20.9 Å². The van der Waals surface area contributed by atoms with Crippen LogP contribution in [0.4, 0.5) is 13.2 Å². The van der Waals surface area contributed by atoms with E-state index >= 15 is 0 Å². The van der Waals surface area contributed by atoms with Gasteiger partial charge in [-0.05, 0) is 51.8 Å². The zero-order valence-electron chi connectivity index (χ0n) is 14.3. The maximum Gasteiger partial charge on any atom is 0.417 e. The quantitative estimate of drug-likeness (QED) is 0.768. The second kappa shape index (κ2) is 7.17. The molecule has 1 saturated heterocycles. The fourth-order valence-electron chi connectivity index (χ4n) is 2.84. The molecule has 0 aromatic heterocycles. The summed E-state index contributed by atoms with van der Waals surface area (Å²) < 4.78 is 66.2. The zero-order valence-corrected chi connectivity index (χ0v) is 16.7. The summed E-state index contributed by atoms with van der Waals surface area (Å²) in [6.45, 7) is 7.77. The topological polar surface area (TPSA) is 49.4 Å². The van der Waals surface area contributed by atoms with E-state index in [1.54, 1.807) is 0 Å². The molecule has 0 atom stereocenters. The minimum Gasteiger partial charge on any atom is -0.298 e. The van der Waals surface area contributed by atoms with Gasteiger partial charge in [0.1, 0.15) is 0 Å². The number of likely N-dealkylation sites (tertiary alicyclic amines) is 1. The van der Waals surface area contributed by atoms with Crippen LogP contribution in [0.15, 0.2) is 27.6 Å². The molecule has 0 spiro atoms.